The van der Waals surface area contributed by atoms with Crippen LogP contribution in [-0.2, 0) is 12.7 Å². The molecular formula is C14H9F3N2O2. The van der Waals surface area contributed by atoms with Crippen molar-refractivity contribution in [2.75, 3.05) is 0 Å². The number of ketones is 1. The maximum absolute atomic E-state index is 12.4. The maximum atomic E-state index is 12.4. The van der Waals surface area contributed by atoms with Crippen LogP contribution < -0.4 is 0 Å². The maximum Gasteiger partial charge on any atom is 0.435 e. The van der Waals surface area contributed by atoms with E-state index in [1.54, 1.807) is 24.3 Å². The average Bonchev–Trinajstić information content (AvgIpc) is 3.03. The number of nitrogens with zero attached hydrogens (tertiary/aromatic N) is 2. The highest BCUT2D eigenvalue weighted by atomic mass is 19.4. The predicted molar refractivity (Wildman–Crippen MR) is 67.8 cm³/mol. The molecule has 108 valence electrons. The molecule has 0 aliphatic rings. The van der Waals surface area contributed by atoms with Gasteiger partial charge in [-0.05, 0) is 12.1 Å². The second-order valence-corrected chi connectivity index (χ2v) is 4.47. The summed E-state index contributed by atoms with van der Waals surface area (Å²) in [4.78, 5) is 12.1. The van der Waals surface area contributed by atoms with Gasteiger partial charge in [0.2, 0.25) is 0 Å². The van der Waals surface area contributed by atoms with E-state index < -0.39 is 11.9 Å². The third kappa shape index (κ3) is 2.54. The zero-order chi connectivity index (χ0) is 15.0. The Labute approximate surface area is 116 Å². The van der Waals surface area contributed by atoms with E-state index in [1.807, 2.05) is 0 Å². The molecule has 2 heterocycles. The number of aromatic nitrogens is 2. The van der Waals surface area contributed by atoms with Crippen LogP contribution >= 0.6 is 0 Å². The molecule has 0 radical (unpaired) electrons. The SMILES string of the molecule is O=C(Cn1ccc(C(F)(F)F)n1)c1coc2ccccc12. The van der Waals surface area contributed by atoms with E-state index in [9.17, 15) is 18.0 Å². The number of benzene rings is 1. The Morgan fingerprint density at radius 3 is 2.71 bits per heavy atom. The smallest absolute Gasteiger partial charge is 0.435 e. The van der Waals surface area contributed by atoms with E-state index in [-0.39, 0.29) is 12.3 Å². The summed E-state index contributed by atoms with van der Waals surface area (Å²) < 4.78 is 43.5. The monoisotopic (exact) mass is 294 g/mol. The van der Waals surface area contributed by atoms with Crippen LogP contribution in [0.5, 0.6) is 0 Å². The van der Waals surface area contributed by atoms with Gasteiger partial charge in [0.05, 0.1) is 5.56 Å². The number of hydrogen-bond acceptors (Lipinski definition) is 3. The zero-order valence-electron chi connectivity index (χ0n) is 10.6. The molecule has 3 rings (SSSR count). The highest BCUT2D eigenvalue weighted by Crippen LogP contribution is 2.27. The van der Waals surface area contributed by atoms with E-state index in [0.717, 1.165) is 16.9 Å². The van der Waals surface area contributed by atoms with E-state index in [2.05, 4.69) is 5.10 Å². The fourth-order valence-corrected chi connectivity index (χ4v) is 2.03. The van der Waals surface area contributed by atoms with Crippen molar-refractivity contribution in [3.8, 4) is 0 Å². The van der Waals surface area contributed by atoms with Crippen molar-refractivity contribution >= 4 is 16.8 Å². The van der Waals surface area contributed by atoms with Crippen LogP contribution in [0.3, 0.4) is 0 Å². The van der Waals surface area contributed by atoms with Gasteiger partial charge in [-0.3, -0.25) is 9.48 Å². The van der Waals surface area contributed by atoms with Crippen molar-refractivity contribution in [3.05, 3.63) is 54.0 Å². The Morgan fingerprint density at radius 1 is 1.24 bits per heavy atom. The number of halogens is 3. The van der Waals surface area contributed by atoms with Crippen LogP contribution in [0.4, 0.5) is 13.2 Å². The Kier molecular flexibility index (Phi) is 3.04. The molecule has 7 heteroatoms. The first-order chi connectivity index (χ1) is 9.95. The lowest BCUT2D eigenvalue weighted by molar-refractivity contribution is -0.141. The largest absolute Gasteiger partial charge is 0.464 e. The van der Waals surface area contributed by atoms with E-state index in [4.69, 9.17) is 4.42 Å². The van der Waals surface area contributed by atoms with Gasteiger partial charge in [-0.15, -0.1) is 0 Å². The molecule has 0 aliphatic heterocycles. The number of alkyl halides is 3. The summed E-state index contributed by atoms with van der Waals surface area (Å²) in [6.45, 7) is -0.278. The van der Waals surface area contributed by atoms with Crippen LogP contribution in [-0.4, -0.2) is 15.6 Å². The first-order valence-corrected chi connectivity index (χ1v) is 6.05. The molecule has 0 aliphatic carbocycles. The predicted octanol–water partition coefficient (Wildman–Crippen LogP) is 3.53. The van der Waals surface area contributed by atoms with E-state index in [1.165, 1.54) is 6.26 Å². The number of fused-ring (bicyclic) bond motifs is 1. The Bertz CT molecular complexity index is 802. The molecule has 1 aromatic carbocycles. The topological polar surface area (TPSA) is 48.0 Å². The first kappa shape index (κ1) is 13.4. The van der Waals surface area contributed by atoms with Crippen molar-refractivity contribution in [1.29, 1.82) is 0 Å². The molecule has 3 aromatic rings. The number of rotatable bonds is 3. The summed E-state index contributed by atoms with van der Waals surface area (Å²) >= 11 is 0. The molecule has 0 spiro atoms. The lowest BCUT2D eigenvalue weighted by Crippen LogP contribution is -2.13. The molecule has 4 nitrogen and oxygen atoms in total. The highest BCUT2D eigenvalue weighted by Gasteiger charge is 2.33. The fraction of sp³-hybridized carbons (Fsp3) is 0.143. The highest BCUT2D eigenvalue weighted by molar-refractivity contribution is 6.06. The summed E-state index contributed by atoms with van der Waals surface area (Å²) in [6.07, 6.45) is -2.08. The first-order valence-electron chi connectivity index (χ1n) is 6.05. The summed E-state index contributed by atoms with van der Waals surface area (Å²) in [7, 11) is 0. The number of Topliss-reactive ketones (excluding diaryl/α,β-unsaturated/α-hetero) is 1. The van der Waals surface area contributed by atoms with E-state index in [0.29, 0.717) is 16.5 Å². The van der Waals surface area contributed by atoms with Gasteiger partial charge in [-0.1, -0.05) is 18.2 Å². The molecule has 0 atom stereocenters. The average molecular weight is 294 g/mol. The summed E-state index contributed by atoms with van der Waals surface area (Å²) in [6, 6.07) is 7.78. The second-order valence-electron chi connectivity index (χ2n) is 4.47. The van der Waals surface area contributed by atoms with Gasteiger partial charge in [0, 0.05) is 11.6 Å². The van der Waals surface area contributed by atoms with Gasteiger partial charge in [0.25, 0.3) is 0 Å². The number of carbonyl (C=O) groups excluding carboxylic acids is 1. The van der Waals surface area contributed by atoms with Crippen LogP contribution in [0.2, 0.25) is 0 Å². The van der Waals surface area contributed by atoms with Crippen LogP contribution in [0.15, 0.2) is 47.2 Å². The number of para-hydroxylation sites is 1. The lowest BCUT2D eigenvalue weighted by atomic mass is 10.1. The molecule has 0 saturated heterocycles. The molecule has 21 heavy (non-hydrogen) atoms. The van der Waals surface area contributed by atoms with Crippen LogP contribution in [0, 0.1) is 0 Å². The van der Waals surface area contributed by atoms with Crippen LogP contribution in [0.1, 0.15) is 16.1 Å². The molecule has 0 fully saturated rings. The van der Waals surface area contributed by atoms with Gasteiger partial charge < -0.3 is 4.42 Å². The Morgan fingerprint density at radius 2 is 2.00 bits per heavy atom. The second kappa shape index (κ2) is 4.76. The van der Waals surface area contributed by atoms with E-state index >= 15 is 0 Å². The lowest BCUT2D eigenvalue weighted by Gasteiger charge is -2.02. The van der Waals surface area contributed by atoms with Gasteiger partial charge in [-0.25, -0.2) is 0 Å². The third-order valence-electron chi connectivity index (χ3n) is 3.02. The third-order valence-corrected chi connectivity index (χ3v) is 3.02. The minimum atomic E-state index is -4.52. The summed E-state index contributed by atoms with van der Waals surface area (Å²) in [5.74, 6) is -0.364. The minimum Gasteiger partial charge on any atom is -0.464 e. The Hall–Kier alpha value is -2.57. The molecule has 0 unspecified atom stereocenters. The van der Waals surface area contributed by atoms with Crippen molar-refractivity contribution in [3.63, 3.8) is 0 Å². The van der Waals surface area contributed by atoms with Crippen molar-refractivity contribution in [1.82, 2.24) is 9.78 Å². The number of carbonyl (C=O) groups is 1. The molecule has 0 bridgehead atoms. The van der Waals surface area contributed by atoms with Crippen molar-refractivity contribution in [2.24, 2.45) is 0 Å². The Balaban J connectivity index is 1.85. The number of hydrogen-bond donors (Lipinski definition) is 0. The quantitative estimate of drug-likeness (QED) is 0.694. The molecule has 2 aromatic heterocycles. The van der Waals surface area contributed by atoms with Crippen molar-refractivity contribution < 1.29 is 22.4 Å². The molecule has 0 saturated carbocycles. The van der Waals surface area contributed by atoms with Crippen LogP contribution in [0.25, 0.3) is 11.0 Å². The number of furan rings is 1. The minimum absolute atomic E-state index is 0.278. The van der Waals surface area contributed by atoms with Gasteiger partial charge in [0.15, 0.2) is 11.5 Å². The summed E-state index contributed by atoms with van der Waals surface area (Å²) in [5, 5.41) is 3.98. The standard InChI is InChI=1S/C14H9F3N2O2/c15-14(16,17)13-5-6-19(18-13)7-11(20)10-8-21-12-4-2-1-3-9(10)12/h1-6,8H,7H2. The van der Waals surface area contributed by atoms with Gasteiger partial charge in [0.1, 0.15) is 18.4 Å². The summed E-state index contributed by atoms with van der Waals surface area (Å²) in [5.41, 5.74) is -0.140. The molecule has 0 N–H and O–H groups in total. The zero-order valence-corrected chi connectivity index (χ0v) is 10.6. The van der Waals surface area contributed by atoms with Gasteiger partial charge >= 0.3 is 6.18 Å². The molecular weight excluding hydrogens is 285 g/mol. The van der Waals surface area contributed by atoms with Crippen molar-refractivity contribution in [2.45, 2.75) is 12.7 Å². The molecule has 0 amide bonds. The van der Waals surface area contributed by atoms with Gasteiger partial charge in [-0.2, -0.15) is 18.3 Å². The fourth-order valence-electron chi connectivity index (χ4n) is 2.03. The normalized spacial score (nSPS) is 12.0.